The van der Waals surface area contributed by atoms with Crippen LogP contribution in [-0.2, 0) is 9.59 Å². The summed E-state index contributed by atoms with van der Waals surface area (Å²) in [7, 11) is 1.28. The quantitative estimate of drug-likeness (QED) is 0.459. The van der Waals surface area contributed by atoms with Crippen LogP contribution in [0.1, 0.15) is 5.56 Å². The summed E-state index contributed by atoms with van der Waals surface area (Å²) in [4.78, 5) is 21.2. The monoisotopic (exact) mass is 287 g/mol. The van der Waals surface area contributed by atoms with Crippen molar-refractivity contribution < 1.29 is 27.8 Å². The molecule has 2 amide bonds. The molecule has 0 saturated carbocycles. The number of hydrogen-bond donors (Lipinski definition) is 2. The Bertz CT molecular complexity index is 534. The first-order chi connectivity index (χ1) is 9.43. The van der Waals surface area contributed by atoms with Crippen LogP contribution in [0.15, 0.2) is 23.3 Å². The van der Waals surface area contributed by atoms with Crippen molar-refractivity contribution in [2.24, 2.45) is 10.8 Å². The summed E-state index contributed by atoms with van der Waals surface area (Å²) >= 11 is 0. The molecule has 0 aliphatic rings. The molecule has 20 heavy (non-hydrogen) atoms. The summed E-state index contributed by atoms with van der Waals surface area (Å²) in [6.07, 6.45) is 1.18. The number of carbonyl (C=O) groups is 2. The molecule has 0 atom stereocenters. The normalized spacial score (nSPS) is 10.6. The second-order valence-corrected chi connectivity index (χ2v) is 3.35. The van der Waals surface area contributed by atoms with E-state index in [0.29, 0.717) is 5.56 Å². The highest BCUT2D eigenvalue weighted by atomic mass is 19.3. The Labute approximate surface area is 112 Å². The van der Waals surface area contributed by atoms with Crippen molar-refractivity contribution >= 4 is 18.0 Å². The third-order valence-corrected chi connectivity index (χ3v) is 2.01. The van der Waals surface area contributed by atoms with Crippen LogP contribution in [0.25, 0.3) is 0 Å². The largest absolute Gasteiger partial charge is 0.493 e. The summed E-state index contributed by atoms with van der Waals surface area (Å²) in [5.74, 6) is -2.33. The predicted molar refractivity (Wildman–Crippen MR) is 64.6 cm³/mol. The molecule has 0 aliphatic heterocycles. The second-order valence-electron chi connectivity index (χ2n) is 3.35. The van der Waals surface area contributed by atoms with E-state index in [1.165, 1.54) is 31.5 Å². The molecule has 0 fully saturated rings. The van der Waals surface area contributed by atoms with Gasteiger partial charge in [0.05, 0.1) is 13.3 Å². The van der Waals surface area contributed by atoms with Crippen molar-refractivity contribution in [2.75, 3.05) is 7.11 Å². The van der Waals surface area contributed by atoms with Gasteiger partial charge in [-0.2, -0.15) is 13.9 Å². The minimum atomic E-state index is -2.97. The highest BCUT2D eigenvalue weighted by molar-refractivity contribution is 6.34. The van der Waals surface area contributed by atoms with Crippen molar-refractivity contribution in [3.63, 3.8) is 0 Å². The highest BCUT2D eigenvalue weighted by Crippen LogP contribution is 2.28. The zero-order valence-electron chi connectivity index (χ0n) is 10.3. The van der Waals surface area contributed by atoms with Gasteiger partial charge in [-0.15, -0.1) is 0 Å². The minimum Gasteiger partial charge on any atom is -0.493 e. The second kappa shape index (κ2) is 7.02. The maximum absolute atomic E-state index is 12.1. The van der Waals surface area contributed by atoms with Crippen molar-refractivity contribution in [3.8, 4) is 11.5 Å². The molecule has 1 aromatic rings. The molecule has 0 bridgehead atoms. The van der Waals surface area contributed by atoms with Crippen LogP contribution in [0.3, 0.4) is 0 Å². The van der Waals surface area contributed by atoms with Gasteiger partial charge in [0.1, 0.15) is 0 Å². The number of ether oxygens (including phenoxy) is 2. The first kappa shape index (κ1) is 15.3. The molecule has 0 radical (unpaired) electrons. The fourth-order valence-electron chi connectivity index (χ4n) is 1.18. The van der Waals surface area contributed by atoms with Gasteiger partial charge in [-0.05, 0) is 23.8 Å². The lowest BCUT2D eigenvalue weighted by Gasteiger charge is -2.09. The molecule has 0 aromatic heterocycles. The summed E-state index contributed by atoms with van der Waals surface area (Å²) in [6, 6.07) is 4.01. The van der Waals surface area contributed by atoms with Crippen molar-refractivity contribution in [1.82, 2.24) is 5.43 Å². The van der Waals surface area contributed by atoms with Crippen molar-refractivity contribution in [1.29, 1.82) is 0 Å². The number of halogens is 2. The molecule has 0 spiro atoms. The first-order valence-corrected chi connectivity index (χ1v) is 5.19. The first-order valence-electron chi connectivity index (χ1n) is 5.19. The number of methoxy groups -OCH3 is 1. The molecule has 0 aliphatic carbocycles. The average Bonchev–Trinajstić information content (AvgIpc) is 2.39. The van der Waals surface area contributed by atoms with Crippen LogP contribution in [0.5, 0.6) is 11.5 Å². The number of carbonyl (C=O) groups excluding carboxylic acids is 2. The fourth-order valence-corrected chi connectivity index (χ4v) is 1.18. The summed E-state index contributed by atoms with van der Waals surface area (Å²) in [6.45, 7) is -2.97. The molecular weight excluding hydrogens is 276 g/mol. The van der Waals surface area contributed by atoms with Gasteiger partial charge < -0.3 is 15.2 Å². The maximum atomic E-state index is 12.1. The number of alkyl halides is 2. The number of benzene rings is 1. The third-order valence-electron chi connectivity index (χ3n) is 2.01. The van der Waals surface area contributed by atoms with Crippen LogP contribution in [0.2, 0.25) is 0 Å². The Morgan fingerprint density at radius 3 is 2.65 bits per heavy atom. The number of hydrogen-bond acceptors (Lipinski definition) is 5. The van der Waals surface area contributed by atoms with Crippen LogP contribution in [-0.4, -0.2) is 31.8 Å². The summed E-state index contributed by atoms with van der Waals surface area (Å²) < 4.78 is 33.3. The van der Waals surface area contributed by atoms with Gasteiger partial charge in [-0.25, -0.2) is 5.43 Å². The Hall–Kier alpha value is -2.71. The Kier molecular flexibility index (Phi) is 5.39. The molecule has 7 nitrogen and oxygen atoms in total. The van der Waals surface area contributed by atoms with E-state index in [1.807, 2.05) is 5.43 Å². The van der Waals surface area contributed by atoms with Gasteiger partial charge in [-0.3, -0.25) is 9.59 Å². The number of amides is 2. The maximum Gasteiger partial charge on any atom is 0.387 e. The van der Waals surface area contributed by atoms with Crippen molar-refractivity contribution in [3.05, 3.63) is 23.8 Å². The van der Waals surface area contributed by atoms with Crippen LogP contribution < -0.4 is 20.6 Å². The molecule has 108 valence electrons. The number of primary amides is 1. The molecule has 0 saturated heterocycles. The number of nitrogens with one attached hydrogen (secondary N) is 1. The van der Waals surface area contributed by atoms with Crippen LogP contribution in [0, 0.1) is 0 Å². The zero-order chi connectivity index (χ0) is 15.1. The minimum absolute atomic E-state index is 0.0653. The third kappa shape index (κ3) is 4.52. The van der Waals surface area contributed by atoms with E-state index in [4.69, 9.17) is 10.5 Å². The van der Waals surface area contributed by atoms with E-state index < -0.39 is 18.4 Å². The van der Waals surface area contributed by atoms with E-state index in [0.717, 1.165) is 0 Å². The molecule has 0 heterocycles. The molecule has 9 heteroatoms. The molecule has 3 N–H and O–H groups in total. The number of hydrazone groups is 1. The van der Waals surface area contributed by atoms with Gasteiger partial charge in [0.15, 0.2) is 11.5 Å². The van der Waals surface area contributed by atoms with Crippen LogP contribution >= 0.6 is 0 Å². The average molecular weight is 287 g/mol. The zero-order valence-corrected chi connectivity index (χ0v) is 10.3. The van der Waals surface area contributed by atoms with Gasteiger partial charge in [-0.1, -0.05) is 0 Å². The lowest BCUT2D eigenvalue weighted by Crippen LogP contribution is -2.32. The van der Waals surface area contributed by atoms with Crippen molar-refractivity contribution in [2.45, 2.75) is 6.61 Å². The predicted octanol–water partition coefficient (Wildman–Crippen LogP) is 0.232. The van der Waals surface area contributed by atoms with E-state index in [1.54, 1.807) is 0 Å². The standard InChI is InChI=1S/C11H11F2N3O4/c1-19-8-4-6(2-3-7(8)20-11(12)13)5-15-16-10(18)9(14)17/h2-5,11H,1H3,(H2,14,17)(H,16,18). The number of rotatable bonds is 5. The van der Waals surface area contributed by atoms with E-state index in [9.17, 15) is 18.4 Å². The molecule has 0 unspecified atom stereocenters. The van der Waals surface area contributed by atoms with E-state index in [2.05, 4.69) is 9.84 Å². The van der Waals surface area contributed by atoms with Gasteiger partial charge in [0.25, 0.3) is 0 Å². The lowest BCUT2D eigenvalue weighted by molar-refractivity contribution is -0.137. The number of nitrogens with zero attached hydrogens (tertiary/aromatic N) is 1. The van der Waals surface area contributed by atoms with E-state index in [-0.39, 0.29) is 11.5 Å². The van der Waals surface area contributed by atoms with Gasteiger partial charge in [0.2, 0.25) is 0 Å². The number of nitrogens with two attached hydrogens (primary N) is 1. The smallest absolute Gasteiger partial charge is 0.387 e. The molecule has 1 rings (SSSR count). The Balaban J connectivity index is 2.80. The van der Waals surface area contributed by atoms with Gasteiger partial charge in [0, 0.05) is 0 Å². The summed E-state index contributed by atoms with van der Waals surface area (Å²) in [5, 5.41) is 3.46. The molecule has 1 aromatic carbocycles. The lowest BCUT2D eigenvalue weighted by atomic mass is 10.2. The Morgan fingerprint density at radius 1 is 1.40 bits per heavy atom. The Morgan fingerprint density at radius 2 is 2.10 bits per heavy atom. The fraction of sp³-hybridized carbons (Fsp3) is 0.182. The highest BCUT2D eigenvalue weighted by Gasteiger charge is 2.10. The topological polar surface area (TPSA) is 103 Å². The molecular formula is C11H11F2N3O4. The summed E-state index contributed by atoms with van der Waals surface area (Å²) in [5.41, 5.74) is 7.00. The van der Waals surface area contributed by atoms with Gasteiger partial charge >= 0.3 is 18.4 Å². The SMILES string of the molecule is COc1cc(C=NNC(=O)C(N)=O)ccc1OC(F)F. The van der Waals surface area contributed by atoms with E-state index >= 15 is 0 Å². The van der Waals surface area contributed by atoms with Crippen LogP contribution in [0.4, 0.5) is 8.78 Å².